The van der Waals surface area contributed by atoms with Gasteiger partial charge < -0.3 is 0 Å². The van der Waals surface area contributed by atoms with Gasteiger partial charge in [-0.15, -0.1) is 0 Å². The molecule has 2 aliphatic rings. The average Bonchev–Trinajstić information content (AvgIpc) is 3.35. The van der Waals surface area contributed by atoms with Crippen molar-refractivity contribution >= 4 is 34.0 Å². The van der Waals surface area contributed by atoms with E-state index in [1.54, 1.807) is 17.2 Å². The third-order valence-electron chi connectivity index (χ3n) is 6.28. The Labute approximate surface area is 185 Å². The molecule has 2 heterocycles. The molecule has 0 N–H and O–H groups in total. The SMILES string of the molecule is O=C1C2ON(c3ccccc3)C(c3cccc4ccccc34)C2C(=O)N1c1ccccc1. The number of carbonyl (C=O) groups excluding carboxylic acids is 2. The molecule has 0 aromatic heterocycles. The van der Waals surface area contributed by atoms with Crippen molar-refractivity contribution in [3.05, 3.63) is 109 Å². The first-order chi connectivity index (χ1) is 15.7. The van der Waals surface area contributed by atoms with Crippen molar-refractivity contribution in [2.24, 2.45) is 5.92 Å². The molecular weight excluding hydrogens is 400 g/mol. The van der Waals surface area contributed by atoms with Crippen LogP contribution in [0.4, 0.5) is 11.4 Å². The Balaban J connectivity index is 1.52. The van der Waals surface area contributed by atoms with Crippen molar-refractivity contribution in [1.82, 2.24) is 0 Å². The molecule has 2 saturated heterocycles. The first-order valence-corrected chi connectivity index (χ1v) is 10.7. The lowest BCUT2D eigenvalue weighted by Crippen LogP contribution is -2.37. The maximum absolute atomic E-state index is 13.7. The number of hydrogen-bond acceptors (Lipinski definition) is 4. The van der Waals surface area contributed by atoms with Gasteiger partial charge >= 0.3 is 0 Å². The number of nitrogens with zero attached hydrogens (tertiary/aromatic N) is 2. The van der Waals surface area contributed by atoms with Gasteiger partial charge in [0.25, 0.3) is 5.91 Å². The van der Waals surface area contributed by atoms with Crippen molar-refractivity contribution in [1.29, 1.82) is 0 Å². The van der Waals surface area contributed by atoms with Gasteiger partial charge in [0, 0.05) is 0 Å². The van der Waals surface area contributed by atoms with Crippen LogP contribution in [0.2, 0.25) is 0 Å². The zero-order valence-electron chi connectivity index (χ0n) is 17.2. The molecule has 32 heavy (non-hydrogen) atoms. The van der Waals surface area contributed by atoms with Crippen LogP contribution in [0.5, 0.6) is 0 Å². The number of hydrogen-bond donors (Lipinski definition) is 0. The Morgan fingerprint density at radius 2 is 1.25 bits per heavy atom. The number of fused-ring (bicyclic) bond motifs is 2. The number of amides is 2. The quantitative estimate of drug-likeness (QED) is 0.443. The second-order valence-corrected chi connectivity index (χ2v) is 8.07. The summed E-state index contributed by atoms with van der Waals surface area (Å²) in [5.74, 6) is -1.20. The van der Waals surface area contributed by atoms with Gasteiger partial charge in [0.05, 0.1) is 17.4 Å². The number of rotatable bonds is 3. The van der Waals surface area contributed by atoms with Crippen LogP contribution in [0.25, 0.3) is 10.8 Å². The molecule has 2 aliphatic heterocycles. The maximum Gasteiger partial charge on any atom is 0.266 e. The Hall–Kier alpha value is -3.96. The summed E-state index contributed by atoms with van der Waals surface area (Å²) in [5, 5.41) is 3.87. The molecule has 0 saturated carbocycles. The number of hydroxylamine groups is 1. The molecule has 0 bridgehead atoms. The Bertz CT molecular complexity index is 1320. The summed E-state index contributed by atoms with van der Waals surface area (Å²) in [5.41, 5.74) is 2.35. The highest BCUT2D eigenvalue weighted by Crippen LogP contribution is 2.48. The van der Waals surface area contributed by atoms with Crippen LogP contribution in [-0.4, -0.2) is 17.9 Å². The van der Waals surface area contributed by atoms with Crippen LogP contribution in [0.3, 0.4) is 0 Å². The predicted molar refractivity (Wildman–Crippen MR) is 123 cm³/mol. The lowest BCUT2D eigenvalue weighted by atomic mass is 9.87. The molecule has 5 heteroatoms. The highest BCUT2D eigenvalue weighted by Gasteiger charge is 2.60. The van der Waals surface area contributed by atoms with Crippen molar-refractivity contribution in [2.45, 2.75) is 12.1 Å². The Morgan fingerprint density at radius 3 is 2.00 bits per heavy atom. The standard InChI is InChI=1S/C27H20N2O3/c30-26-23-24(22-17-9-11-18-10-7-8-16-21(18)22)29(20-14-5-2-6-15-20)32-25(23)27(31)28(26)19-12-3-1-4-13-19/h1-17,23-25H. The fourth-order valence-electron chi connectivity index (χ4n) is 4.87. The zero-order valence-corrected chi connectivity index (χ0v) is 17.2. The largest absolute Gasteiger partial charge is 0.273 e. The maximum atomic E-state index is 13.7. The predicted octanol–water partition coefficient (Wildman–Crippen LogP) is 4.89. The summed E-state index contributed by atoms with van der Waals surface area (Å²) < 4.78 is 0. The van der Waals surface area contributed by atoms with Crippen molar-refractivity contribution in [3.8, 4) is 0 Å². The van der Waals surface area contributed by atoms with E-state index in [9.17, 15) is 9.59 Å². The van der Waals surface area contributed by atoms with Gasteiger partial charge in [-0.05, 0) is 40.6 Å². The molecule has 4 aromatic carbocycles. The van der Waals surface area contributed by atoms with Crippen LogP contribution in [0.1, 0.15) is 11.6 Å². The van der Waals surface area contributed by atoms with E-state index in [0.29, 0.717) is 5.69 Å². The fourth-order valence-corrected chi connectivity index (χ4v) is 4.87. The second-order valence-electron chi connectivity index (χ2n) is 8.07. The molecule has 0 radical (unpaired) electrons. The van der Waals surface area contributed by atoms with Crippen LogP contribution in [-0.2, 0) is 14.4 Å². The van der Waals surface area contributed by atoms with Crippen molar-refractivity contribution < 1.29 is 14.4 Å². The molecule has 3 unspecified atom stereocenters. The molecule has 4 aromatic rings. The minimum atomic E-state index is -0.869. The second kappa shape index (κ2) is 7.32. The topological polar surface area (TPSA) is 49.9 Å². The van der Waals surface area contributed by atoms with E-state index >= 15 is 0 Å². The van der Waals surface area contributed by atoms with Crippen molar-refractivity contribution in [3.63, 3.8) is 0 Å². The number of imide groups is 1. The van der Waals surface area contributed by atoms with Crippen LogP contribution < -0.4 is 9.96 Å². The van der Waals surface area contributed by atoms with Gasteiger partial charge in [-0.3, -0.25) is 14.4 Å². The molecule has 0 spiro atoms. The van der Waals surface area contributed by atoms with E-state index in [2.05, 4.69) is 18.2 Å². The van der Waals surface area contributed by atoms with E-state index in [0.717, 1.165) is 22.0 Å². The Morgan fingerprint density at radius 1 is 0.625 bits per heavy atom. The highest BCUT2D eigenvalue weighted by atomic mass is 16.7. The van der Waals surface area contributed by atoms with Crippen LogP contribution in [0.15, 0.2) is 103 Å². The number of benzene rings is 4. The molecule has 0 aliphatic carbocycles. The zero-order chi connectivity index (χ0) is 21.7. The molecule has 6 rings (SSSR count). The summed E-state index contributed by atoms with van der Waals surface area (Å²) >= 11 is 0. The van der Waals surface area contributed by atoms with Crippen LogP contribution in [0, 0.1) is 5.92 Å². The minimum absolute atomic E-state index is 0.234. The molecule has 2 fully saturated rings. The third kappa shape index (κ3) is 2.75. The van der Waals surface area contributed by atoms with Gasteiger partial charge in [0.1, 0.15) is 5.92 Å². The average molecular weight is 420 g/mol. The summed E-state index contributed by atoms with van der Waals surface area (Å²) in [4.78, 5) is 34.6. The molecule has 3 atom stereocenters. The van der Waals surface area contributed by atoms with E-state index in [1.165, 1.54) is 4.90 Å². The lowest BCUT2D eigenvalue weighted by Gasteiger charge is -2.29. The van der Waals surface area contributed by atoms with Crippen molar-refractivity contribution in [2.75, 3.05) is 9.96 Å². The summed E-state index contributed by atoms with van der Waals surface area (Å²) in [7, 11) is 0. The highest BCUT2D eigenvalue weighted by molar-refractivity contribution is 6.24. The fraction of sp³-hybridized carbons (Fsp3) is 0.111. The summed E-state index contributed by atoms with van der Waals surface area (Å²) in [6.07, 6.45) is -0.869. The monoisotopic (exact) mass is 420 g/mol. The minimum Gasteiger partial charge on any atom is -0.273 e. The van der Waals surface area contributed by atoms with E-state index < -0.39 is 18.1 Å². The van der Waals surface area contributed by atoms with Gasteiger partial charge in [0.15, 0.2) is 6.10 Å². The summed E-state index contributed by atoms with van der Waals surface area (Å²) in [6, 6.07) is 32.4. The van der Waals surface area contributed by atoms with Gasteiger partial charge in [-0.25, -0.2) is 9.96 Å². The third-order valence-corrected chi connectivity index (χ3v) is 6.28. The molecule has 5 nitrogen and oxygen atoms in total. The first-order valence-electron chi connectivity index (χ1n) is 10.7. The van der Waals surface area contributed by atoms with Gasteiger partial charge in [-0.1, -0.05) is 78.9 Å². The molecular formula is C27H20N2O3. The van der Waals surface area contributed by atoms with E-state index in [4.69, 9.17) is 4.84 Å². The van der Waals surface area contributed by atoms with E-state index in [-0.39, 0.29) is 11.8 Å². The first kappa shape index (κ1) is 18.8. The molecule has 2 amide bonds. The number of para-hydroxylation sites is 2. The number of anilines is 2. The van der Waals surface area contributed by atoms with E-state index in [1.807, 2.05) is 72.8 Å². The Kier molecular flexibility index (Phi) is 4.30. The van der Waals surface area contributed by atoms with Gasteiger partial charge in [-0.2, -0.15) is 0 Å². The summed E-state index contributed by atoms with van der Waals surface area (Å²) in [6.45, 7) is 0. The van der Waals surface area contributed by atoms with Gasteiger partial charge in [0.2, 0.25) is 5.91 Å². The number of carbonyl (C=O) groups is 2. The lowest BCUT2D eigenvalue weighted by molar-refractivity contribution is -0.126. The smallest absolute Gasteiger partial charge is 0.266 e. The van der Waals surface area contributed by atoms with Crippen LogP contribution >= 0.6 is 0 Å². The molecule has 156 valence electrons. The normalized spacial score (nSPS) is 22.6.